The number of nitrogens with one attached hydrogen (secondary N) is 1. The largest absolute Gasteiger partial charge is 0.395 e. The zero-order valence-corrected chi connectivity index (χ0v) is 17.8. The highest BCUT2D eigenvalue weighted by Crippen LogP contribution is 2.35. The lowest BCUT2D eigenvalue weighted by Gasteiger charge is -2.35. The van der Waals surface area contributed by atoms with Crippen LogP contribution < -0.4 is 5.32 Å². The first-order chi connectivity index (χ1) is 14.1. The molecule has 29 heavy (non-hydrogen) atoms. The normalized spacial score (nSPS) is 19.3. The van der Waals surface area contributed by atoms with Gasteiger partial charge in [-0.2, -0.15) is 0 Å². The van der Waals surface area contributed by atoms with E-state index >= 15 is 0 Å². The van der Waals surface area contributed by atoms with Crippen molar-refractivity contribution in [3.05, 3.63) is 64.7 Å². The second-order valence-electron chi connectivity index (χ2n) is 7.16. The maximum Gasteiger partial charge on any atom is 0.251 e. The highest BCUT2D eigenvalue weighted by atomic mass is 35.5. The molecule has 0 aliphatic heterocycles. The van der Waals surface area contributed by atoms with Gasteiger partial charge in [0, 0.05) is 28.6 Å². The Morgan fingerprint density at radius 2 is 1.83 bits per heavy atom. The predicted octanol–water partition coefficient (Wildman–Crippen LogP) is 4.85. The van der Waals surface area contributed by atoms with E-state index in [0.29, 0.717) is 23.6 Å². The number of aliphatic hydroxyl groups excluding tert-OH is 1. The van der Waals surface area contributed by atoms with E-state index in [1.54, 1.807) is 24.1 Å². The molecule has 0 aromatic heterocycles. The third-order valence-electron chi connectivity index (χ3n) is 5.01. The molecule has 4 nitrogen and oxygen atoms in total. The second kappa shape index (κ2) is 11.0. The van der Waals surface area contributed by atoms with Crippen LogP contribution in [0.5, 0.6) is 0 Å². The van der Waals surface area contributed by atoms with Gasteiger partial charge in [-0.1, -0.05) is 36.6 Å². The molecule has 2 N–H and O–H groups in total. The Balaban J connectivity index is 1.73. The molecule has 2 atom stereocenters. The van der Waals surface area contributed by atoms with Gasteiger partial charge in [0.1, 0.15) is 6.17 Å². The third kappa shape index (κ3) is 6.44. The first kappa shape index (κ1) is 22.1. The number of rotatable bonds is 8. The van der Waals surface area contributed by atoms with Gasteiger partial charge in [0.25, 0.3) is 5.91 Å². The lowest BCUT2D eigenvalue weighted by Crippen LogP contribution is -2.39. The second-order valence-corrected chi connectivity index (χ2v) is 8.72. The smallest absolute Gasteiger partial charge is 0.251 e. The molecule has 3 rings (SSSR count). The van der Waals surface area contributed by atoms with Crippen LogP contribution in [0, 0.1) is 0 Å². The van der Waals surface area contributed by atoms with Crippen molar-refractivity contribution in [1.29, 1.82) is 0 Å². The third-order valence-corrected chi connectivity index (χ3v) is 6.37. The van der Waals surface area contributed by atoms with Crippen LogP contribution in [-0.2, 0) is 6.54 Å². The molecule has 0 saturated heterocycles. The molecule has 0 bridgehead atoms. The van der Waals surface area contributed by atoms with Gasteiger partial charge in [-0.3, -0.25) is 4.79 Å². The molecule has 0 heterocycles. The Morgan fingerprint density at radius 1 is 1.14 bits per heavy atom. The highest BCUT2D eigenvalue weighted by Gasteiger charge is 2.31. The molecule has 1 aliphatic carbocycles. The van der Waals surface area contributed by atoms with Gasteiger partial charge >= 0.3 is 0 Å². The molecule has 0 radical (unpaired) electrons. The van der Waals surface area contributed by atoms with Gasteiger partial charge in [-0.05, 0) is 66.8 Å². The molecule has 1 aliphatic rings. The van der Waals surface area contributed by atoms with Crippen LogP contribution in [0.2, 0.25) is 5.02 Å². The van der Waals surface area contributed by atoms with Gasteiger partial charge in [0.15, 0.2) is 0 Å². The summed E-state index contributed by atoms with van der Waals surface area (Å²) >= 11 is 7.54. The quantitative estimate of drug-likeness (QED) is 0.580. The molecule has 156 valence electrons. The molecule has 0 spiro atoms. The first-order valence-electron chi connectivity index (χ1n) is 9.89. The number of carbonyl (C=O) groups excluding carboxylic acids is 1. The average molecular weight is 437 g/mol. The maximum absolute atomic E-state index is 14.7. The fraction of sp³-hybridized carbons (Fsp3) is 0.409. The summed E-state index contributed by atoms with van der Waals surface area (Å²) in [5, 5.41) is 12.1. The summed E-state index contributed by atoms with van der Waals surface area (Å²) in [6, 6.07) is 14.8. The zero-order chi connectivity index (χ0) is 20.6. The number of alkyl halides is 1. The summed E-state index contributed by atoms with van der Waals surface area (Å²) in [5.74, 6) is -0.214. The van der Waals surface area contributed by atoms with Crippen molar-refractivity contribution in [2.45, 2.75) is 49.3 Å². The van der Waals surface area contributed by atoms with E-state index in [9.17, 15) is 9.18 Å². The van der Waals surface area contributed by atoms with Gasteiger partial charge in [-0.15, -0.1) is 0 Å². The van der Waals surface area contributed by atoms with E-state index in [4.69, 9.17) is 16.7 Å². The molecule has 1 amide bonds. The average Bonchev–Trinajstić information content (AvgIpc) is 2.74. The molecule has 1 fully saturated rings. The van der Waals surface area contributed by atoms with E-state index in [1.165, 1.54) is 0 Å². The van der Waals surface area contributed by atoms with Gasteiger partial charge in [0.2, 0.25) is 0 Å². The lowest BCUT2D eigenvalue weighted by molar-refractivity contribution is 0.0944. The van der Waals surface area contributed by atoms with Crippen LogP contribution >= 0.6 is 23.5 Å². The van der Waals surface area contributed by atoms with Crippen LogP contribution in [0.15, 0.2) is 53.4 Å². The topological polar surface area (TPSA) is 52.6 Å². The minimum Gasteiger partial charge on any atom is -0.395 e. The number of benzene rings is 2. The van der Waals surface area contributed by atoms with Crippen molar-refractivity contribution in [2.24, 2.45) is 0 Å². The Bertz CT molecular complexity index is 788. The first-order valence-corrected chi connectivity index (χ1v) is 11.0. The van der Waals surface area contributed by atoms with Crippen molar-refractivity contribution in [1.82, 2.24) is 9.62 Å². The number of hydrogen-bond donors (Lipinski definition) is 2. The summed E-state index contributed by atoms with van der Waals surface area (Å²) in [4.78, 5) is 13.0. The Labute approximate surface area is 180 Å². The number of aliphatic hydroxyl groups is 1. The molecule has 1 saturated carbocycles. The lowest BCUT2D eigenvalue weighted by atomic mass is 9.93. The Morgan fingerprint density at radius 3 is 2.48 bits per heavy atom. The number of hydrogen-bond acceptors (Lipinski definition) is 4. The van der Waals surface area contributed by atoms with Crippen molar-refractivity contribution < 1.29 is 14.3 Å². The molecular weight excluding hydrogens is 411 g/mol. The van der Waals surface area contributed by atoms with Crippen LogP contribution in [0.1, 0.15) is 41.6 Å². The van der Waals surface area contributed by atoms with Crippen molar-refractivity contribution >= 4 is 29.5 Å². The number of carbonyl (C=O) groups is 1. The van der Waals surface area contributed by atoms with Gasteiger partial charge < -0.3 is 10.4 Å². The van der Waals surface area contributed by atoms with Gasteiger partial charge in [-0.25, -0.2) is 8.70 Å². The Hall–Kier alpha value is -1.60. The van der Waals surface area contributed by atoms with Crippen LogP contribution in [0.25, 0.3) is 0 Å². The molecule has 7 heteroatoms. The minimum atomic E-state index is -0.841. The molecule has 2 unspecified atom stereocenters. The summed E-state index contributed by atoms with van der Waals surface area (Å²) in [6.45, 7) is 0.717. The molecule has 2 aromatic rings. The maximum atomic E-state index is 14.7. The summed E-state index contributed by atoms with van der Waals surface area (Å²) in [6.07, 6.45) is 2.57. The van der Waals surface area contributed by atoms with E-state index in [2.05, 4.69) is 9.62 Å². The molecule has 2 aromatic carbocycles. The Kier molecular flexibility index (Phi) is 8.36. The van der Waals surface area contributed by atoms with E-state index in [1.807, 2.05) is 36.4 Å². The van der Waals surface area contributed by atoms with Crippen molar-refractivity contribution in [2.75, 3.05) is 13.2 Å². The van der Waals surface area contributed by atoms with E-state index in [-0.39, 0.29) is 25.1 Å². The number of amides is 1. The van der Waals surface area contributed by atoms with Crippen LogP contribution in [0.4, 0.5) is 4.39 Å². The zero-order valence-electron chi connectivity index (χ0n) is 16.2. The standard InChI is InChI=1S/C22H26ClFN2O2S/c23-18-9-11-19(12-10-18)29-26(21-4-2-1-3-20(21)24)15-16-5-7-17(8-6-16)22(28)25-13-14-27/h5-12,20-21,27H,1-4,13-15H2,(H,25,28). The van der Waals surface area contributed by atoms with E-state index < -0.39 is 6.17 Å². The fourth-order valence-electron chi connectivity index (χ4n) is 3.45. The fourth-order valence-corrected chi connectivity index (χ4v) is 4.69. The molecular formula is C22H26ClFN2O2S. The van der Waals surface area contributed by atoms with Crippen molar-refractivity contribution in [3.8, 4) is 0 Å². The minimum absolute atomic E-state index is 0.0908. The van der Waals surface area contributed by atoms with Crippen LogP contribution in [-0.4, -0.2) is 40.7 Å². The number of nitrogens with zero attached hydrogens (tertiary/aromatic N) is 1. The van der Waals surface area contributed by atoms with Crippen LogP contribution in [0.3, 0.4) is 0 Å². The SMILES string of the molecule is O=C(NCCO)c1ccc(CN(Sc2ccc(Cl)cc2)C2CCCCC2F)cc1. The monoisotopic (exact) mass is 436 g/mol. The van der Waals surface area contributed by atoms with Gasteiger partial charge in [0.05, 0.1) is 12.6 Å². The predicted molar refractivity (Wildman–Crippen MR) is 116 cm³/mol. The highest BCUT2D eigenvalue weighted by molar-refractivity contribution is 7.97. The summed E-state index contributed by atoms with van der Waals surface area (Å²) in [5.41, 5.74) is 1.56. The summed E-state index contributed by atoms with van der Waals surface area (Å²) < 4.78 is 16.8. The summed E-state index contributed by atoms with van der Waals surface area (Å²) in [7, 11) is 0. The number of halogens is 2. The van der Waals surface area contributed by atoms with Crippen molar-refractivity contribution in [3.63, 3.8) is 0 Å². The van der Waals surface area contributed by atoms with E-state index in [0.717, 1.165) is 29.7 Å².